The van der Waals surface area contributed by atoms with Gasteiger partial charge < -0.3 is 30.7 Å². The van der Waals surface area contributed by atoms with Gasteiger partial charge in [-0.1, -0.05) is 102 Å². The zero-order valence-corrected chi connectivity index (χ0v) is 34.5. The van der Waals surface area contributed by atoms with E-state index in [2.05, 4.69) is 67.7 Å². The lowest BCUT2D eigenvalue weighted by atomic mass is 9.83. The van der Waals surface area contributed by atoms with Crippen molar-refractivity contribution < 1.29 is 28.7 Å². The molecule has 0 saturated carbocycles. The van der Waals surface area contributed by atoms with Crippen LogP contribution in [0.4, 0.5) is 21.9 Å². The lowest BCUT2D eigenvalue weighted by Crippen LogP contribution is -2.33. The Morgan fingerprint density at radius 2 is 1.47 bits per heavy atom. The highest BCUT2D eigenvalue weighted by atomic mass is 16.7. The largest absolute Gasteiger partial charge is 0.458 e. The molecule has 0 radical (unpaired) electrons. The molecule has 2 aromatic carbocycles. The fourth-order valence-electron chi connectivity index (χ4n) is 5.29. The van der Waals surface area contributed by atoms with Gasteiger partial charge in [-0.2, -0.15) is 0 Å². The summed E-state index contributed by atoms with van der Waals surface area (Å²) in [4.78, 5) is 48.7. The van der Waals surface area contributed by atoms with Gasteiger partial charge in [0.2, 0.25) is 18.6 Å². The molecule has 0 atom stereocenters. The molecule has 0 unspecified atom stereocenters. The van der Waals surface area contributed by atoms with E-state index in [1.165, 1.54) is 30.9 Å². The van der Waals surface area contributed by atoms with Gasteiger partial charge in [-0.05, 0) is 105 Å². The van der Waals surface area contributed by atoms with E-state index < -0.39 is 24.7 Å². The number of anilines is 3. The van der Waals surface area contributed by atoms with Crippen LogP contribution in [0, 0.1) is 5.41 Å². The van der Waals surface area contributed by atoms with E-state index in [1.54, 1.807) is 54.6 Å². The highest BCUT2D eigenvalue weighted by Gasteiger charge is 2.22. The lowest BCUT2D eigenvalue weighted by molar-refractivity contribution is -0.115. The number of amides is 4. The topological polar surface area (TPSA) is 135 Å². The normalized spacial score (nSPS) is 14.0. The van der Waals surface area contributed by atoms with Crippen molar-refractivity contribution in [2.24, 2.45) is 5.41 Å². The second kappa shape index (κ2) is 25.4. The van der Waals surface area contributed by atoms with E-state index in [0.29, 0.717) is 33.8 Å². The minimum absolute atomic E-state index is 0.217. The summed E-state index contributed by atoms with van der Waals surface area (Å²) in [5.74, 6) is -0.855. The van der Waals surface area contributed by atoms with Crippen LogP contribution in [-0.2, 0) is 19.1 Å². The molecule has 0 spiro atoms. The number of ether oxygens (including phenoxy) is 2. The fraction of sp³-hybridized carbons (Fsp3) is 0.378. The summed E-state index contributed by atoms with van der Waals surface area (Å²) in [5.41, 5.74) is 6.91. The van der Waals surface area contributed by atoms with Crippen molar-refractivity contribution in [3.8, 4) is 0 Å². The van der Waals surface area contributed by atoms with Crippen LogP contribution in [0.25, 0.3) is 0 Å². The van der Waals surface area contributed by atoms with Gasteiger partial charge in [0.15, 0.2) is 0 Å². The van der Waals surface area contributed by atoms with Crippen LogP contribution >= 0.6 is 0 Å². The average Bonchev–Trinajstić information content (AvgIpc) is 3.28. The summed E-state index contributed by atoms with van der Waals surface area (Å²) in [7, 11) is 0. The fourth-order valence-corrected chi connectivity index (χ4v) is 5.29. The maximum atomic E-state index is 12.8. The number of carbonyl (C=O) groups excluding carboxylic acids is 4. The lowest BCUT2D eigenvalue weighted by Gasteiger charge is -2.23. The van der Waals surface area contributed by atoms with Crippen LogP contribution in [0.1, 0.15) is 105 Å². The van der Waals surface area contributed by atoms with E-state index in [4.69, 9.17) is 9.47 Å². The van der Waals surface area contributed by atoms with Crippen LogP contribution in [-0.4, -0.2) is 37.2 Å². The maximum Gasteiger partial charge on any atom is 0.410 e. The Morgan fingerprint density at radius 1 is 0.836 bits per heavy atom. The molecular formula is C45H62N4O6. The number of para-hydroxylation sites is 2. The third-order valence-corrected chi connectivity index (χ3v) is 8.02. The Kier molecular flexibility index (Phi) is 21.9. The standard InChI is InChI=1S/C41H50N4O6.2C2H6/c1-28(17-18-34-25-41(6,7)23-11-14-30(34)3)12-10-13-29(2)24-31(4)50-27-51-40(49)42-26-38(47)44-36-15-8-9-16-37(36)45-39(48)33-19-21-35(22-20-33)43-32(5)46;2*1-2/h8-10,12-13,15-22,24H,4,11,14,23,25-27H2,1-3,5-7H3,(H,42,49)(H,43,46)(H,44,47)(H,45,48);2*1-2H3/b13-10+,18-17+,28-12+,29-24+;;. The minimum Gasteiger partial charge on any atom is -0.458 e. The number of hydrogen-bond acceptors (Lipinski definition) is 6. The molecule has 0 heterocycles. The Morgan fingerprint density at radius 3 is 2.11 bits per heavy atom. The Balaban J connectivity index is 0.00000365. The molecule has 3 rings (SSSR count). The van der Waals surface area contributed by atoms with Gasteiger partial charge in [0, 0.05) is 18.2 Å². The van der Waals surface area contributed by atoms with Gasteiger partial charge in [-0.25, -0.2) is 4.79 Å². The van der Waals surface area contributed by atoms with E-state index in [1.807, 2.05) is 52.8 Å². The van der Waals surface area contributed by atoms with Gasteiger partial charge >= 0.3 is 6.09 Å². The summed E-state index contributed by atoms with van der Waals surface area (Å²) in [5, 5.41) is 10.4. The zero-order chi connectivity index (χ0) is 41.4. The van der Waals surface area contributed by atoms with Crippen molar-refractivity contribution in [3.63, 3.8) is 0 Å². The van der Waals surface area contributed by atoms with E-state index >= 15 is 0 Å². The van der Waals surface area contributed by atoms with E-state index in [0.717, 1.165) is 24.0 Å². The van der Waals surface area contributed by atoms with Crippen LogP contribution in [0.2, 0.25) is 0 Å². The van der Waals surface area contributed by atoms with Gasteiger partial charge in [-0.3, -0.25) is 14.4 Å². The second-order valence-corrected chi connectivity index (χ2v) is 13.3. The average molecular weight is 755 g/mol. The first-order valence-corrected chi connectivity index (χ1v) is 18.9. The first-order chi connectivity index (χ1) is 26.2. The SMILES string of the molecule is C=C(/C=C(C)/C=C/C=C(C)/C=C/C1=C(C)CCCC(C)(C)C1)OCOC(=O)NCC(=O)Nc1ccccc1NC(=O)c1ccc(NC(C)=O)cc1.CC.CC. The van der Waals surface area contributed by atoms with Crippen molar-refractivity contribution in [2.45, 2.75) is 94.9 Å². The molecule has 10 heteroatoms. The van der Waals surface area contributed by atoms with Gasteiger partial charge in [0.1, 0.15) is 12.3 Å². The minimum atomic E-state index is -0.852. The molecular weight excluding hydrogens is 693 g/mol. The molecule has 0 aromatic heterocycles. The molecule has 0 saturated heterocycles. The van der Waals surface area contributed by atoms with Gasteiger partial charge in [-0.15, -0.1) is 0 Å². The zero-order valence-electron chi connectivity index (χ0n) is 34.5. The third-order valence-electron chi connectivity index (χ3n) is 8.02. The predicted molar refractivity (Wildman–Crippen MR) is 227 cm³/mol. The third kappa shape index (κ3) is 19.3. The van der Waals surface area contributed by atoms with Crippen LogP contribution in [0.15, 0.2) is 120 Å². The highest BCUT2D eigenvalue weighted by Crippen LogP contribution is 2.37. The highest BCUT2D eigenvalue weighted by molar-refractivity contribution is 6.07. The summed E-state index contributed by atoms with van der Waals surface area (Å²) < 4.78 is 10.4. The monoisotopic (exact) mass is 754 g/mol. The molecule has 2 aromatic rings. The van der Waals surface area contributed by atoms with Crippen molar-refractivity contribution >= 4 is 40.9 Å². The van der Waals surface area contributed by atoms with E-state index in [-0.39, 0.29) is 12.5 Å². The van der Waals surface area contributed by atoms with Gasteiger partial charge in [0.25, 0.3) is 5.91 Å². The molecule has 10 nitrogen and oxygen atoms in total. The number of benzene rings is 2. The Hall–Kier alpha value is -5.64. The van der Waals surface area contributed by atoms with Crippen LogP contribution in [0.5, 0.6) is 0 Å². The smallest absolute Gasteiger partial charge is 0.410 e. The van der Waals surface area contributed by atoms with Crippen molar-refractivity contribution in [3.05, 3.63) is 125 Å². The summed E-state index contributed by atoms with van der Waals surface area (Å²) in [6, 6.07) is 13.0. The molecule has 298 valence electrons. The summed E-state index contributed by atoms with van der Waals surface area (Å²) >= 11 is 0. The van der Waals surface area contributed by atoms with Crippen LogP contribution < -0.4 is 21.3 Å². The molecule has 4 amide bonds. The Bertz CT molecular complexity index is 1750. The first-order valence-electron chi connectivity index (χ1n) is 18.9. The maximum absolute atomic E-state index is 12.8. The quantitative estimate of drug-likeness (QED) is 0.0861. The van der Waals surface area contributed by atoms with Crippen molar-refractivity contribution in [2.75, 3.05) is 29.3 Å². The molecule has 4 N–H and O–H groups in total. The van der Waals surface area contributed by atoms with Crippen molar-refractivity contribution in [1.29, 1.82) is 0 Å². The first kappa shape index (κ1) is 47.4. The number of rotatable bonds is 14. The molecule has 55 heavy (non-hydrogen) atoms. The number of hydrogen-bond donors (Lipinski definition) is 4. The van der Waals surface area contributed by atoms with Crippen LogP contribution in [0.3, 0.4) is 0 Å². The summed E-state index contributed by atoms with van der Waals surface area (Å²) in [6.07, 6.45) is 16.0. The Labute approximate surface area is 328 Å². The predicted octanol–water partition coefficient (Wildman–Crippen LogP) is 11.0. The molecule has 1 aliphatic rings. The molecule has 1 aliphatic carbocycles. The number of alkyl carbamates (subject to hydrolysis) is 1. The number of carbonyl (C=O) groups is 4. The molecule has 0 bridgehead atoms. The van der Waals surface area contributed by atoms with Gasteiger partial charge in [0.05, 0.1) is 11.4 Å². The number of allylic oxidation sites excluding steroid dienone is 10. The molecule has 0 aliphatic heterocycles. The molecule has 0 fully saturated rings. The van der Waals surface area contributed by atoms with E-state index in [9.17, 15) is 19.2 Å². The van der Waals surface area contributed by atoms with Crippen molar-refractivity contribution in [1.82, 2.24) is 5.32 Å². The second-order valence-electron chi connectivity index (χ2n) is 13.3. The number of nitrogens with one attached hydrogen (secondary N) is 4. The summed E-state index contributed by atoms with van der Waals surface area (Å²) in [6.45, 7) is 23.4.